The number of nitrogens with one attached hydrogen (secondary N) is 2. The normalized spacial score (nSPS) is 26.3. The topological polar surface area (TPSA) is 107 Å². The summed E-state index contributed by atoms with van der Waals surface area (Å²) in [5.41, 5.74) is 3.98. The highest BCUT2D eigenvalue weighted by molar-refractivity contribution is 5.94. The number of benzene rings is 1. The number of carbonyl (C=O) groups is 1. The van der Waals surface area contributed by atoms with E-state index in [0.29, 0.717) is 18.6 Å². The fraction of sp³-hybridized carbons (Fsp3) is 0.481. The fourth-order valence-corrected chi connectivity index (χ4v) is 6.06. The van der Waals surface area contributed by atoms with Gasteiger partial charge in [0.05, 0.1) is 24.7 Å². The van der Waals surface area contributed by atoms with Gasteiger partial charge in [-0.1, -0.05) is 12.1 Å². The predicted octanol–water partition coefficient (Wildman–Crippen LogP) is 4.51. The molecule has 8 heteroatoms. The highest BCUT2D eigenvalue weighted by atomic mass is 16.5. The molecule has 2 N–H and O–H groups in total. The van der Waals surface area contributed by atoms with Gasteiger partial charge in [-0.2, -0.15) is 5.26 Å². The molecule has 2 aromatic heterocycles. The van der Waals surface area contributed by atoms with Gasteiger partial charge in [-0.15, -0.1) is 0 Å². The first kappa shape index (κ1) is 22.1. The SMILES string of the molecule is N#CC1CC2(CCC(C(=O)Nc3ccc(-c4cc5c(N6CCOCC6)ncnc5[nH]4)cc3)CC2)C1. The van der Waals surface area contributed by atoms with Crippen molar-refractivity contribution in [2.75, 3.05) is 36.5 Å². The summed E-state index contributed by atoms with van der Waals surface area (Å²) in [4.78, 5) is 27.5. The van der Waals surface area contributed by atoms with Gasteiger partial charge in [0.25, 0.3) is 0 Å². The van der Waals surface area contributed by atoms with E-state index in [0.717, 1.165) is 85.4 Å². The van der Waals surface area contributed by atoms with Gasteiger partial charge in [0.2, 0.25) is 5.91 Å². The summed E-state index contributed by atoms with van der Waals surface area (Å²) in [5.74, 6) is 1.34. The number of ether oxygens (including phenoxy) is 1. The van der Waals surface area contributed by atoms with Crippen molar-refractivity contribution in [3.8, 4) is 17.3 Å². The van der Waals surface area contributed by atoms with Gasteiger partial charge in [-0.3, -0.25) is 4.79 Å². The summed E-state index contributed by atoms with van der Waals surface area (Å²) in [6.07, 6.45) is 7.62. The first-order chi connectivity index (χ1) is 17.1. The third-order valence-corrected chi connectivity index (χ3v) is 8.14. The third-order valence-electron chi connectivity index (χ3n) is 8.14. The first-order valence-electron chi connectivity index (χ1n) is 12.6. The molecule has 0 radical (unpaired) electrons. The number of carbonyl (C=O) groups excluding carboxylic acids is 1. The molecule has 35 heavy (non-hydrogen) atoms. The van der Waals surface area contributed by atoms with Crippen LogP contribution in [0.4, 0.5) is 11.5 Å². The zero-order valence-corrected chi connectivity index (χ0v) is 19.8. The number of hydrogen-bond acceptors (Lipinski definition) is 6. The Morgan fingerprint density at radius 1 is 1.14 bits per heavy atom. The number of anilines is 2. The Morgan fingerprint density at radius 3 is 2.60 bits per heavy atom. The Morgan fingerprint density at radius 2 is 1.89 bits per heavy atom. The minimum atomic E-state index is 0.0623. The van der Waals surface area contributed by atoms with Crippen LogP contribution in [0.15, 0.2) is 36.7 Å². The Kier molecular flexibility index (Phi) is 5.65. The lowest BCUT2D eigenvalue weighted by Gasteiger charge is -2.49. The molecule has 6 rings (SSSR count). The van der Waals surface area contributed by atoms with Crippen LogP contribution in [-0.4, -0.2) is 47.2 Å². The minimum Gasteiger partial charge on any atom is -0.378 e. The number of nitriles is 1. The molecule has 1 aromatic carbocycles. The molecule has 0 bridgehead atoms. The second-order valence-corrected chi connectivity index (χ2v) is 10.3. The van der Waals surface area contributed by atoms with E-state index in [2.05, 4.69) is 37.3 Å². The van der Waals surface area contributed by atoms with E-state index in [4.69, 9.17) is 10.00 Å². The summed E-state index contributed by atoms with van der Waals surface area (Å²) in [6, 6.07) is 12.4. The molecule has 1 saturated heterocycles. The van der Waals surface area contributed by atoms with E-state index in [1.165, 1.54) is 0 Å². The quantitative estimate of drug-likeness (QED) is 0.581. The number of rotatable bonds is 4. The number of H-pyrrole nitrogens is 1. The summed E-state index contributed by atoms with van der Waals surface area (Å²) in [6.45, 7) is 3.06. The number of morpholine rings is 1. The Labute approximate surface area is 204 Å². The minimum absolute atomic E-state index is 0.0623. The highest BCUT2D eigenvalue weighted by Crippen LogP contribution is 2.55. The smallest absolute Gasteiger partial charge is 0.227 e. The van der Waals surface area contributed by atoms with Crippen molar-refractivity contribution in [2.45, 2.75) is 38.5 Å². The van der Waals surface area contributed by atoms with E-state index in [1.54, 1.807) is 6.33 Å². The standard InChI is InChI=1S/C27H30N6O2/c28-16-18-14-27(15-18)7-5-20(6-8-27)26(34)31-21-3-1-19(2-4-21)23-13-22-24(32-23)29-17-30-25(22)33-9-11-35-12-10-33/h1-4,13,17-18,20H,5-12,14-15H2,(H,31,34)(H,29,30,32). The molecule has 8 nitrogen and oxygen atoms in total. The monoisotopic (exact) mass is 470 g/mol. The van der Waals surface area contributed by atoms with Gasteiger partial charge >= 0.3 is 0 Å². The van der Waals surface area contributed by atoms with Crippen molar-refractivity contribution < 1.29 is 9.53 Å². The number of nitrogens with zero attached hydrogens (tertiary/aromatic N) is 4. The maximum atomic E-state index is 12.9. The van der Waals surface area contributed by atoms with Crippen LogP contribution < -0.4 is 10.2 Å². The van der Waals surface area contributed by atoms with Crippen molar-refractivity contribution in [2.24, 2.45) is 17.3 Å². The lowest BCUT2D eigenvalue weighted by molar-refractivity contribution is -0.122. The average Bonchev–Trinajstić information content (AvgIpc) is 3.33. The van der Waals surface area contributed by atoms with E-state index in [-0.39, 0.29) is 17.7 Å². The van der Waals surface area contributed by atoms with Gasteiger partial charge < -0.3 is 19.9 Å². The lowest BCUT2D eigenvalue weighted by Crippen LogP contribution is -2.41. The van der Waals surface area contributed by atoms with Crippen molar-refractivity contribution in [3.05, 3.63) is 36.7 Å². The maximum Gasteiger partial charge on any atom is 0.227 e. The molecule has 0 atom stereocenters. The molecular formula is C27H30N6O2. The van der Waals surface area contributed by atoms with Crippen LogP contribution in [0.3, 0.4) is 0 Å². The predicted molar refractivity (Wildman–Crippen MR) is 134 cm³/mol. The lowest BCUT2D eigenvalue weighted by atomic mass is 9.55. The Bertz CT molecular complexity index is 1260. The van der Waals surface area contributed by atoms with Crippen LogP contribution >= 0.6 is 0 Å². The zero-order valence-electron chi connectivity index (χ0n) is 19.8. The first-order valence-corrected chi connectivity index (χ1v) is 12.6. The molecular weight excluding hydrogens is 440 g/mol. The summed E-state index contributed by atoms with van der Waals surface area (Å²) >= 11 is 0. The fourth-order valence-electron chi connectivity index (χ4n) is 6.06. The van der Waals surface area contributed by atoms with Crippen molar-refractivity contribution >= 4 is 28.4 Å². The number of aromatic nitrogens is 3. The van der Waals surface area contributed by atoms with E-state index in [1.807, 2.05) is 24.3 Å². The second kappa shape index (κ2) is 8.97. The second-order valence-electron chi connectivity index (χ2n) is 10.3. The Hall–Kier alpha value is -3.44. The summed E-state index contributed by atoms with van der Waals surface area (Å²) in [7, 11) is 0. The van der Waals surface area contributed by atoms with E-state index >= 15 is 0 Å². The maximum absolute atomic E-state index is 12.9. The molecule has 3 aromatic rings. The molecule has 3 heterocycles. The summed E-state index contributed by atoms with van der Waals surface area (Å²) in [5, 5.41) is 13.2. The Balaban J connectivity index is 1.11. The molecule has 3 fully saturated rings. The number of hydrogen-bond donors (Lipinski definition) is 2. The van der Waals surface area contributed by atoms with Crippen LogP contribution in [0.25, 0.3) is 22.3 Å². The van der Waals surface area contributed by atoms with Crippen LogP contribution in [0, 0.1) is 28.6 Å². The van der Waals surface area contributed by atoms with Crippen molar-refractivity contribution in [1.82, 2.24) is 15.0 Å². The largest absolute Gasteiger partial charge is 0.378 e. The van der Waals surface area contributed by atoms with Gasteiger partial charge in [0, 0.05) is 36.3 Å². The van der Waals surface area contributed by atoms with Gasteiger partial charge in [0.15, 0.2) is 0 Å². The number of fused-ring (bicyclic) bond motifs is 1. The molecule has 2 aliphatic carbocycles. The molecule has 1 spiro atoms. The molecule has 180 valence electrons. The highest BCUT2D eigenvalue weighted by Gasteiger charge is 2.46. The van der Waals surface area contributed by atoms with Gasteiger partial charge in [0.1, 0.15) is 17.8 Å². The molecule has 1 amide bonds. The van der Waals surface area contributed by atoms with Crippen LogP contribution in [-0.2, 0) is 9.53 Å². The van der Waals surface area contributed by atoms with Crippen LogP contribution in [0.2, 0.25) is 0 Å². The third kappa shape index (κ3) is 4.25. The molecule has 0 unspecified atom stereocenters. The van der Waals surface area contributed by atoms with Crippen molar-refractivity contribution in [1.29, 1.82) is 5.26 Å². The van der Waals surface area contributed by atoms with Crippen molar-refractivity contribution in [3.63, 3.8) is 0 Å². The molecule has 2 saturated carbocycles. The molecule has 1 aliphatic heterocycles. The van der Waals surface area contributed by atoms with E-state index < -0.39 is 0 Å². The zero-order chi connectivity index (χ0) is 23.8. The van der Waals surface area contributed by atoms with Gasteiger partial charge in [-0.05, 0) is 67.7 Å². The number of amides is 1. The van der Waals surface area contributed by atoms with E-state index in [9.17, 15) is 4.79 Å². The average molecular weight is 471 g/mol. The number of aromatic amines is 1. The van der Waals surface area contributed by atoms with Gasteiger partial charge in [-0.25, -0.2) is 9.97 Å². The van der Waals surface area contributed by atoms with Crippen LogP contribution in [0.5, 0.6) is 0 Å². The molecule has 3 aliphatic rings. The summed E-state index contributed by atoms with van der Waals surface area (Å²) < 4.78 is 5.48. The van der Waals surface area contributed by atoms with Crippen LogP contribution in [0.1, 0.15) is 38.5 Å².